The first kappa shape index (κ1) is 16.9. The highest BCUT2D eigenvalue weighted by atomic mass is 16.6. The Morgan fingerprint density at radius 2 is 1.67 bits per heavy atom. The van der Waals surface area contributed by atoms with E-state index < -0.39 is 23.1 Å². The summed E-state index contributed by atoms with van der Waals surface area (Å²) in [5.74, 6) is -1.55. The maximum Gasteiger partial charge on any atom is 0.338 e. The SMILES string of the molecule is COC(=O)[C@@](N)(CCCCN)C(=O)OC(C)(C)C. The summed E-state index contributed by atoms with van der Waals surface area (Å²) in [4.78, 5) is 23.7. The number of hydrogen-bond donors (Lipinski definition) is 2. The van der Waals surface area contributed by atoms with Gasteiger partial charge in [0, 0.05) is 0 Å². The first-order chi connectivity index (χ1) is 8.17. The topological polar surface area (TPSA) is 105 Å². The second-order valence-corrected chi connectivity index (χ2v) is 5.21. The molecule has 0 aliphatic heterocycles. The fourth-order valence-electron chi connectivity index (χ4n) is 1.39. The van der Waals surface area contributed by atoms with E-state index in [1.807, 2.05) is 0 Å². The molecule has 0 bridgehead atoms. The molecule has 0 heterocycles. The number of esters is 2. The van der Waals surface area contributed by atoms with Crippen LogP contribution in [0.25, 0.3) is 0 Å². The molecule has 6 nitrogen and oxygen atoms in total. The molecule has 0 aliphatic carbocycles. The van der Waals surface area contributed by atoms with Crippen molar-refractivity contribution in [2.75, 3.05) is 13.7 Å². The summed E-state index contributed by atoms with van der Waals surface area (Å²) in [5, 5.41) is 0. The largest absolute Gasteiger partial charge is 0.467 e. The Labute approximate surface area is 108 Å². The molecule has 0 amide bonds. The molecule has 0 rings (SSSR count). The molecule has 0 aliphatic rings. The Kier molecular flexibility index (Phi) is 6.28. The van der Waals surface area contributed by atoms with Gasteiger partial charge in [0.2, 0.25) is 5.54 Å². The van der Waals surface area contributed by atoms with Gasteiger partial charge in [0.25, 0.3) is 0 Å². The summed E-state index contributed by atoms with van der Waals surface area (Å²) in [6, 6.07) is 0. The van der Waals surface area contributed by atoms with E-state index in [0.29, 0.717) is 19.4 Å². The predicted molar refractivity (Wildman–Crippen MR) is 67.7 cm³/mol. The van der Waals surface area contributed by atoms with Crippen LogP contribution in [0.5, 0.6) is 0 Å². The normalized spacial score (nSPS) is 14.8. The number of ether oxygens (including phenoxy) is 2. The average molecular weight is 260 g/mol. The van der Waals surface area contributed by atoms with E-state index in [2.05, 4.69) is 4.74 Å². The van der Waals surface area contributed by atoms with Crippen molar-refractivity contribution in [3.05, 3.63) is 0 Å². The predicted octanol–water partition coefficient (Wildman–Crippen LogP) is 0.328. The molecule has 0 spiro atoms. The lowest BCUT2D eigenvalue weighted by atomic mass is 9.93. The molecule has 0 fully saturated rings. The number of methoxy groups -OCH3 is 1. The summed E-state index contributed by atoms with van der Waals surface area (Å²) < 4.78 is 9.75. The lowest BCUT2D eigenvalue weighted by Gasteiger charge is -2.29. The van der Waals surface area contributed by atoms with Crippen LogP contribution in [0.4, 0.5) is 0 Å². The van der Waals surface area contributed by atoms with E-state index in [1.165, 1.54) is 7.11 Å². The molecular weight excluding hydrogens is 236 g/mol. The molecule has 0 saturated carbocycles. The average Bonchev–Trinajstić information content (AvgIpc) is 2.25. The van der Waals surface area contributed by atoms with Crippen molar-refractivity contribution >= 4 is 11.9 Å². The van der Waals surface area contributed by atoms with Crippen LogP contribution in [0.15, 0.2) is 0 Å². The van der Waals surface area contributed by atoms with Crippen molar-refractivity contribution < 1.29 is 19.1 Å². The van der Waals surface area contributed by atoms with Crippen LogP contribution in [0.2, 0.25) is 0 Å². The third kappa shape index (κ3) is 5.01. The third-order valence-corrected chi connectivity index (χ3v) is 2.34. The Morgan fingerprint density at radius 3 is 2.06 bits per heavy atom. The Bertz CT molecular complexity index is 299. The molecule has 0 radical (unpaired) electrons. The minimum atomic E-state index is -1.75. The van der Waals surface area contributed by atoms with E-state index in [0.717, 1.165) is 0 Å². The summed E-state index contributed by atoms with van der Waals surface area (Å²) in [5.41, 5.74) is 8.77. The third-order valence-electron chi connectivity index (χ3n) is 2.34. The number of rotatable bonds is 6. The zero-order chi connectivity index (χ0) is 14.4. The second kappa shape index (κ2) is 6.70. The fourth-order valence-corrected chi connectivity index (χ4v) is 1.39. The van der Waals surface area contributed by atoms with Gasteiger partial charge in [-0.1, -0.05) is 0 Å². The molecule has 0 aromatic carbocycles. The van der Waals surface area contributed by atoms with Gasteiger partial charge in [0.1, 0.15) is 5.60 Å². The van der Waals surface area contributed by atoms with Gasteiger partial charge in [-0.2, -0.15) is 0 Å². The Morgan fingerprint density at radius 1 is 1.11 bits per heavy atom. The quantitative estimate of drug-likeness (QED) is 0.405. The van der Waals surface area contributed by atoms with Gasteiger partial charge in [-0.25, -0.2) is 9.59 Å². The molecule has 4 N–H and O–H groups in total. The lowest BCUT2D eigenvalue weighted by molar-refractivity contribution is -0.170. The molecule has 6 heteroatoms. The fraction of sp³-hybridized carbons (Fsp3) is 0.833. The lowest BCUT2D eigenvalue weighted by Crippen LogP contribution is -2.57. The number of carbonyl (C=O) groups excluding carboxylic acids is 2. The van der Waals surface area contributed by atoms with Gasteiger partial charge in [-0.15, -0.1) is 0 Å². The zero-order valence-electron chi connectivity index (χ0n) is 11.6. The first-order valence-electron chi connectivity index (χ1n) is 5.98. The Hall–Kier alpha value is -1.14. The standard InChI is InChI=1S/C12H24N2O4/c1-11(2,3)18-10(16)12(14,9(15)17-4)7-5-6-8-13/h5-8,13-14H2,1-4H3/t12-/m0/s1. The minimum absolute atomic E-state index is 0.159. The van der Waals surface area contributed by atoms with Crippen LogP contribution in [0, 0.1) is 0 Å². The second-order valence-electron chi connectivity index (χ2n) is 5.21. The highest BCUT2D eigenvalue weighted by Gasteiger charge is 2.45. The number of carbonyl (C=O) groups is 2. The monoisotopic (exact) mass is 260 g/mol. The first-order valence-corrected chi connectivity index (χ1v) is 5.98. The molecule has 0 saturated heterocycles. The van der Waals surface area contributed by atoms with Crippen molar-refractivity contribution in [1.82, 2.24) is 0 Å². The molecule has 0 unspecified atom stereocenters. The van der Waals surface area contributed by atoms with Crippen LogP contribution in [-0.4, -0.2) is 36.7 Å². The number of unbranched alkanes of at least 4 members (excludes halogenated alkanes) is 1. The molecule has 106 valence electrons. The van der Waals surface area contributed by atoms with Crippen LogP contribution in [-0.2, 0) is 19.1 Å². The highest BCUT2D eigenvalue weighted by molar-refractivity contribution is 6.04. The summed E-state index contributed by atoms with van der Waals surface area (Å²) in [6.45, 7) is 5.61. The summed E-state index contributed by atoms with van der Waals surface area (Å²) >= 11 is 0. The maximum atomic E-state index is 12.0. The van der Waals surface area contributed by atoms with Crippen LogP contribution < -0.4 is 11.5 Å². The van der Waals surface area contributed by atoms with Gasteiger partial charge in [0.15, 0.2) is 0 Å². The van der Waals surface area contributed by atoms with E-state index in [4.69, 9.17) is 16.2 Å². The number of hydrogen-bond acceptors (Lipinski definition) is 6. The van der Waals surface area contributed by atoms with E-state index in [1.54, 1.807) is 20.8 Å². The van der Waals surface area contributed by atoms with Crippen LogP contribution in [0.1, 0.15) is 40.0 Å². The highest BCUT2D eigenvalue weighted by Crippen LogP contribution is 2.19. The van der Waals surface area contributed by atoms with E-state index >= 15 is 0 Å². The summed E-state index contributed by atoms with van der Waals surface area (Å²) in [6.07, 6.45) is 1.39. The number of nitrogens with two attached hydrogens (primary N) is 2. The van der Waals surface area contributed by atoms with Gasteiger partial charge in [-0.3, -0.25) is 0 Å². The van der Waals surface area contributed by atoms with Crippen molar-refractivity contribution in [2.24, 2.45) is 11.5 Å². The molecule has 0 aromatic rings. The van der Waals surface area contributed by atoms with Gasteiger partial charge in [-0.05, 0) is 46.6 Å². The van der Waals surface area contributed by atoms with Crippen molar-refractivity contribution in [3.63, 3.8) is 0 Å². The smallest absolute Gasteiger partial charge is 0.338 e. The van der Waals surface area contributed by atoms with E-state index in [9.17, 15) is 9.59 Å². The van der Waals surface area contributed by atoms with Crippen LogP contribution in [0.3, 0.4) is 0 Å². The summed E-state index contributed by atoms with van der Waals surface area (Å²) in [7, 11) is 1.19. The van der Waals surface area contributed by atoms with Gasteiger partial charge in [0.05, 0.1) is 7.11 Å². The van der Waals surface area contributed by atoms with Crippen LogP contribution >= 0.6 is 0 Å². The van der Waals surface area contributed by atoms with Crippen molar-refractivity contribution in [2.45, 2.75) is 51.2 Å². The van der Waals surface area contributed by atoms with Crippen molar-refractivity contribution in [1.29, 1.82) is 0 Å². The molecule has 0 aromatic heterocycles. The van der Waals surface area contributed by atoms with Gasteiger partial charge >= 0.3 is 11.9 Å². The van der Waals surface area contributed by atoms with Crippen molar-refractivity contribution in [3.8, 4) is 0 Å². The van der Waals surface area contributed by atoms with E-state index in [-0.39, 0.29) is 6.42 Å². The van der Waals surface area contributed by atoms with Gasteiger partial charge < -0.3 is 20.9 Å². The maximum absolute atomic E-state index is 12.0. The zero-order valence-corrected chi connectivity index (χ0v) is 11.6. The molecular formula is C12H24N2O4. The molecule has 1 atom stereocenters. The molecule has 18 heavy (non-hydrogen) atoms. The minimum Gasteiger partial charge on any atom is -0.467 e. The Balaban J connectivity index is 4.86.